The van der Waals surface area contributed by atoms with Crippen LogP contribution in [0.2, 0.25) is 5.02 Å². The van der Waals surface area contributed by atoms with Crippen LogP contribution in [0.3, 0.4) is 0 Å². The van der Waals surface area contributed by atoms with Crippen molar-refractivity contribution in [3.8, 4) is 5.75 Å². The molecule has 0 saturated heterocycles. The number of benzene rings is 2. The second-order valence-electron chi connectivity index (χ2n) is 4.55. The van der Waals surface area contributed by atoms with Crippen molar-refractivity contribution in [1.82, 2.24) is 0 Å². The Morgan fingerprint density at radius 3 is 2.57 bits per heavy atom. The van der Waals surface area contributed by atoms with Crippen LogP contribution < -0.4 is 10.1 Å². The van der Waals surface area contributed by atoms with E-state index in [9.17, 15) is 18.0 Å². The van der Waals surface area contributed by atoms with Crippen LogP contribution in [-0.2, 0) is 4.79 Å². The molecule has 3 nitrogen and oxygen atoms in total. The molecule has 0 saturated carbocycles. The molecule has 2 aromatic rings. The minimum atomic E-state index is -1.66. The van der Waals surface area contributed by atoms with Crippen LogP contribution >= 0.6 is 27.5 Å². The minimum Gasteiger partial charge on any atom is -0.480 e. The third-order valence-electron chi connectivity index (χ3n) is 2.86. The lowest BCUT2D eigenvalue weighted by atomic mass is 10.2. The number of carbonyl (C=O) groups is 1. The molecule has 23 heavy (non-hydrogen) atoms. The molecular weight excluding hydrogens is 399 g/mol. The second kappa shape index (κ2) is 7.23. The van der Waals surface area contributed by atoms with E-state index in [1.807, 2.05) is 0 Å². The van der Waals surface area contributed by atoms with E-state index in [0.717, 1.165) is 12.1 Å². The molecule has 0 aliphatic heterocycles. The summed E-state index contributed by atoms with van der Waals surface area (Å²) >= 11 is 9.02. The highest BCUT2D eigenvalue weighted by molar-refractivity contribution is 9.10. The zero-order chi connectivity index (χ0) is 17.1. The highest BCUT2D eigenvalue weighted by Crippen LogP contribution is 2.29. The highest BCUT2D eigenvalue weighted by atomic mass is 79.9. The molecule has 1 atom stereocenters. The smallest absolute Gasteiger partial charge is 0.265 e. The van der Waals surface area contributed by atoms with Gasteiger partial charge in [-0.3, -0.25) is 4.79 Å². The maximum Gasteiger partial charge on any atom is 0.265 e. The van der Waals surface area contributed by atoms with Gasteiger partial charge in [0.25, 0.3) is 5.91 Å². The number of halogens is 5. The van der Waals surface area contributed by atoms with Crippen LogP contribution in [0.15, 0.2) is 34.8 Å². The lowest BCUT2D eigenvalue weighted by molar-refractivity contribution is -0.122. The molecule has 1 N–H and O–H groups in total. The maximum atomic E-state index is 13.5. The summed E-state index contributed by atoms with van der Waals surface area (Å²) in [7, 11) is 0. The number of ether oxygens (including phenoxy) is 1. The van der Waals surface area contributed by atoms with Crippen molar-refractivity contribution in [1.29, 1.82) is 0 Å². The number of carbonyl (C=O) groups excluding carboxylic acids is 1. The van der Waals surface area contributed by atoms with Crippen LogP contribution in [-0.4, -0.2) is 12.0 Å². The third kappa shape index (κ3) is 4.17. The first-order chi connectivity index (χ1) is 10.8. The Bertz CT molecular complexity index is 758. The number of hydrogen-bond acceptors (Lipinski definition) is 2. The van der Waals surface area contributed by atoms with Gasteiger partial charge in [-0.1, -0.05) is 11.6 Å². The van der Waals surface area contributed by atoms with E-state index in [1.165, 1.54) is 6.92 Å². The maximum absolute atomic E-state index is 13.5. The number of amides is 1. The topological polar surface area (TPSA) is 38.3 Å². The van der Waals surface area contributed by atoms with E-state index in [1.54, 1.807) is 18.2 Å². The fourth-order valence-corrected chi connectivity index (χ4v) is 2.45. The van der Waals surface area contributed by atoms with Gasteiger partial charge >= 0.3 is 0 Å². The lowest BCUT2D eigenvalue weighted by Gasteiger charge is -2.16. The average molecular weight is 409 g/mol. The molecule has 2 rings (SSSR count). The van der Waals surface area contributed by atoms with Crippen molar-refractivity contribution in [3.63, 3.8) is 0 Å². The van der Waals surface area contributed by atoms with Crippen LogP contribution in [0.25, 0.3) is 0 Å². The number of rotatable bonds is 4. The van der Waals surface area contributed by atoms with Gasteiger partial charge in [-0.15, -0.1) is 0 Å². The molecule has 0 aromatic heterocycles. The van der Waals surface area contributed by atoms with Crippen molar-refractivity contribution in [3.05, 3.63) is 57.3 Å². The molecule has 0 spiro atoms. The van der Waals surface area contributed by atoms with E-state index in [-0.39, 0.29) is 0 Å². The van der Waals surface area contributed by atoms with Crippen LogP contribution in [0, 0.1) is 17.5 Å². The van der Waals surface area contributed by atoms with Gasteiger partial charge in [0.2, 0.25) is 0 Å². The summed E-state index contributed by atoms with van der Waals surface area (Å²) in [4.78, 5) is 12.0. The molecule has 0 radical (unpaired) electrons. The summed E-state index contributed by atoms with van der Waals surface area (Å²) in [6, 6.07) is 6.35. The number of hydrogen-bond donors (Lipinski definition) is 1. The average Bonchev–Trinajstić information content (AvgIpc) is 2.50. The number of nitrogens with one attached hydrogen (secondary N) is 1. The van der Waals surface area contributed by atoms with Gasteiger partial charge in [-0.05, 0) is 53.2 Å². The molecule has 1 unspecified atom stereocenters. The Balaban J connectivity index is 2.10. The van der Waals surface area contributed by atoms with E-state index in [4.69, 9.17) is 16.3 Å². The van der Waals surface area contributed by atoms with Gasteiger partial charge in [-0.25, -0.2) is 13.2 Å². The second-order valence-corrected chi connectivity index (χ2v) is 5.84. The summed E-state index contributed by atoms with van der Waals surface area (Å²) in [5.41, 5.74) is -0.473. The Kier molecular flexibility index (Phi) is 5.54. The zero-order valence-electron chi connectivity index (χ0n) is 11.7. The van der Waals surface area contributed by atoms with Crippen molar-refractivity contribution in [2.45, 2.75) is 13.0 Å². The summed E-state index contributed by atoms with van der Waals surface area (Å²) < 4.78 is 45.5. The van der Waals surface area contributed by atoms with Crippen molar-refractivity contribution in [2.24, 2.45) is 0 Å². The van der Waals surface area contributed by atoms with E-state index < -0.39 is 35.2 Å². The van der Waals surface area contributed by atoms with Gasteiger partial charge < -0.3 is 10.1 Å². The fourth-order valence-electron chi connectivity index (χ4n) is 1.67. The lowest BCUT2D eigenvalue weighted by Crippen LogP contribution is -2.30. The van der Waals surface area contributed by atoms with Gasteiger partial charge in [0, 0.05) is 5.02 Å². The van der Waals surface area contributed by atoms with Crippen LogP contribution in [0.5, 0.6) is 5.75 Å². The standard InChI is InChI=1S/C15H10BrClF3NO2/c1-7(23-12-5-2-8(17)6-9(12)16)15(22)21-11-4-3-10(18)13(19)14(11)20/h2-7H,1H3,(H,21,22). The summed E-state index contributed by atoms with van der Waals surface area (Å²) in [6.07, 6.45) is -1.01. The van der Waals surface area contributed by atoms with Gasteiger partial charge in [0.1, 0.15) is 5.75 Å². The van der Waals surface area contributed by atoms with Crippen molar-refractivity contribution >= 4 is 39.1 Å². The molecule has 0 heterocycles. The summed E-state index contributed by atoms with van der Waals surface area (Å²) in [5.74, 6) is -4.84. The predicted octanol–water partition coefficient (Wildman–Crippen LogP) is 4.93. The first kappa shape index (κ1) is 17.6. The molecule has 0 fully saturated rings. The van der Waals surface area contributed by atoms with Crippen LogP contribution in [0.4, 0.5) is 18.9 Å². The van der Waals surface area contributed by atoms with Crippen molar-refractivity contribution < 1.29 is 22.7 Å². The molecule has 0 aliphatic rings. The summed E-state index contributed by atoms with van der Waals surface area (Å²) in [6.45, 7) is 1.42. The normalized spacial score (nSPS) is 11.9. The Morgan fingerprint density at radius 1 is 1.22 bits per heavy atom. The largest absolute Gasteiger partial charge is 0.480 e. The Morgan fingerprint density at radius 2 is 1.91 bits per heavy atom. The fraction of sp³-hybridized carbons (Fsp3) is 0.133. The number of anilines is 1. The zero-order valence-corrected chi connectivity index (χ0v) is 14.0. The molecular formula is C15H10BrClF3NO2. The van der Waals surface area contributed by atoms with E-state index in [2.05, 4.69) is 21.2 Å². The minimum absolute atomic E-state index is 0.350. The van der Waals surface area contributed by atoms with E-state index in [0.29, 0.717) is 15.2 Å². The molecule has 0 aliphatic carbocycles. The predicted molar refractivity (Wildman–Crippen MR) is 84.2 cm³/mol. The highest BCUT2D eigenvalue weighted by Gasteiger charge is 2.20. The van der Waals surface area contributed by atoms with Crippen LogP contribution in [0.1, 0.15) is 6.92 Å². The Hall–Kier alpha value is -1.73. The first-order valence-electron chi connectivity index (χ1n) is 6.35. The third-order valence-corrected chi connectivity index (χ3v) is 3.71. The van der Waals surface area contributed by atoms with Gasteiger partial charge in [-0.2, -0.15) is 0 Å². The molecule has 8 heteroatoms. The monoisotopic (exact) mass is 407 g/mol. The molecule has 1 amide bonds. The molecule has 0 bridgehead atoms. The van der Waals surface area contributed by atoms with Gasteiger partial charge in [0.15, 0.2) is 23.6 Å². The Labute approximate surface area is 143 Å². The summed E-state index contributed by atoms with van der Waals surface area (Å²) in [5, 5.41) is 2.62. The van der Waals surface area contributed by atoms with Crippen molar-refractivity contribution in [2.75, 3.05) is 5.32 Å². The molecule has 2 aromatic carbocycles. The quantitative estimate of drug-likeness (QED) is 0.729. The van der Waals surface area contributed by atoms with E-state index >= 15 is 0 Å². The van der Waals surface area contributed by atoms with Gasteiger partial charge in [0.05, 0.1) is 10.2 Å². The molecule has 122 valence electrons. The SMILES string of the molecule is CC(Oc1ccc(Cl)cc1Br)C(=O)Nc1ccc(F)c(F)c1F. The first-order valence-corrected chi connectivity index (χ1v) is 7.52.